The first-order chi connectivity index (χ1) is 12.0. The second kappa shape index (κ2) is 6.93. The van der Waals surface area contributed by atoms with Crippen LogP contribution in [0, 0.1) is 13.8 Å². The first-order valence-corrected chi connectivity index (χ1v) is 8.31. The molecule has 0 aliphatic rings. The molecule has 1 atom stereocenters. The van der Waals surface area contributed by atoms with E-state index in [4.69, 9.17) is 4.74 Å². The predicted octanol–water partition coefficient (Wildman–Crippen LogP) is 4.35. The van der Waals surface area contributed by atoms with Gasteiger partial charge in [0.2, 0.25) is 0 Å². The summed E-state index contributed by atoms with van der Waals surface area (Å²) in [4.78, 5) is 17.3. The topological polar surface area (TPSA) is 51.2 Å². The smallest absolute Gasteiger partial charge is 0.253 e. The number of amides is 1. The lowest BCUT2D eigenvalue weighted by Gasteiger charge is -2.16. The maximum atomic E-state index is 12.7. The largest absolute Gasteiger partial charge is 0.497 e. The van der Waals surface area contributed by atoms with Crippen molar-refractivity contribution >= 4 is 16.8 Å². The lowest BCUT2D eigenvalue weighted by Crippen LogP contribution is -2.27. The van der Waals surface area contributed by atoms with Crippen LogP contribution in [0.3, 0.4) is 0 Å². The van der Waals surface area contributed by atoms with Gasteiger partial charge in [0.05, 0.1) is 29.9 Å². The average Bonchev–Trinajstić information content (AvgIpc) is 2.60. The molecule has 0 spiro atoms. The van der Waals surface area contributed by atoms with Crippen LogP contribution in [0.5, 0.6) is 5.75 Å². The maximum Gasteiger partial charge on any atom is 0.253 e. The van der Waals surface area contributed by atoms with Gasteiger partial charge in [-0.2, -0.15) is 0 Å². The Morgan fingerprint density at radius 2 is 1.80 bits per heavy atom. The fourth-order valence-electron chi connectivity index (χ4n) is 2.81. The Labute approximate surface area is 147 Å². The lowest BCUT2D eigenvalue weighted by atomic mass is 10.0. The third-order valence-electron chi connectivity index (χ3n) is 4.38. The quantitative estimate of drug-likeness (QED) is 0.771. The molecule has 0 fully saturated rings. The van der Waals surface area contributed by atoms with Crippen LogP contribution in [0.2, 0.25) is 0 Å². The zero-order valence-electron chi connectivity index (χ0n) is 15.0. The van der Waals surface area contributed by atoms with Crippen LogP contribution < -0.4 is 10.1 Å². The minimum atomic E-state index is -0.115. The molecule has 25 heavy (non-hydrogen) atoms. The second-order valence-corrected chi connectivity index (χ2v) is 6.29. The van der Waals surface area contributed by atoms with E-state index < -0.39 is 0 Å². The van der Waals surface area contributed by atoms with E-state index in [9.17, 15) is 4.79 Å². The number of aromatic nitrogens is 1. The summed E-state index contributed by atoms with van der Waals surface area (Å²) in [7, 11) is 1.63. The molecular weight excluding hydrogens is 312 g/mol. The molecule has 3 aromatic rings. The highest BCUT2D eigenvalue weighted by Gasteiger charge is 2.15. The molecule has 4 nitrogen and oxygen atoms in total. The molecule has 1 unspecified atom stereocenters. The fourth-order valence-corrected chi connectivity index (χ4v) is 2.81. The Morgan fingerprint density at radius 3 is 2.48 bits per heavy atom. The summed E-state index contributed by atoms with van der Waals surface area (Å²) in [5.41, 5.74) is 4.40. The number of nitrogens with one attached hydrogen (secondary N) is 1. The van der Waals surface area contributed by atoms with Crippen LogP contribution in [-0.2, 0) is 0 Å². The molecule has 1 amide bonds. The molecule has 0 bridgehead atoms. The van der Waals surface area contributed by atoms with Crippen molar-refractivity contribution in [3.8, 4) is 5.75 Å². The maximum absolute atomic E-state index is 12.7. The fraction of sp³-hybridized carbons (Fsp3) is 0.238. The van der Waals surface area contributed by atoms with Gasteiger partial charge in [0.1, 0.15) is 5.75 Å². The van der Waals surface area contributed by atoms with Crippen LogP contribution in [-0.4, -0.2) is 18.0 Å². The van der Waals surface area contributed by atoms with Crippen LogP contribution in [0.1, 0.15) is 40.1 Å². The molecular formula is C21H22N2O2. The van der Waals surface area contributed by atoms with E-state index in [1.54, 1.807) is 7.11 Å². The van der Waals surface area contributed by atoms with Gasteiger partial charge in [0.15, 0.2) is 0 Å². The number of aryl methyl sites for hydroxylation is 2. The van der Waals surface area contributed by atoms with Gasteiger partial charge < -0.3 is 10.1 Å². The van der Waals surface area contributed by atoms with Gasteiger partial charge in [0.25, 0.3) is 5.91 Å². The van der Waals surface area contributed by atoms with Crippen LogP contribution in [0.25, 0.3) is 10.9 Å². The number of pyridine rings is 1. The lowest BCUT2D eigenvalue weighted by molar-refractivity contribution is 0.0939. The molecule has 0 saturated carbocycles. The number of ether oxygens (including phenoxy) is 1. The number of carbonyl (C=O) groups is 1. The molecule has 3 rings (SSSR count). The van der Waals surface area contributed by atoms with Gasteiger partial charge in [-0.3, -0.25) is 9.78 Å². The molecule has 0 radical (unpaired) electrons. The summed E-state index contributed by atoms with van der Waals surface area (Å²) in [6.07, 6.45) is 0. The highest BCUT2D eigenvalue weighted by Crippen LogP contribution is 2.22. The molecule has 2 aromatic carbocycles. The van der Waals surface area contributed by atoms with Gasteiger partial charge in [-0.1, -0.05) is 29.8 Å². The second-order valence-electron chi connectivity index (χ2n) is 6.29. The first-order valence-electron chi connectivity index (χ1n) is 8.31. The minimum absolute atomic E-state index is 0.0703. The van der Waals surface area contributed by atoms with Crippen molar-refractivity contribution in [2.24, 2.45) is 0 Å². The molecule has 1 N–H and O–H groups in total. The van der Waals surface area contributed by atoms with E-state index in [0.717, 1.165) is 22.2 Å². The summed E-state index contributed by atoms with van der Waals surface area (Å²) < 4.78 is 5.23. The van der Waals surface area contributed by atoms with E-state index in [1.807, 2.05) is 69.3 Å². The Kier molecular flexibility index (Phi) is 4.70. The van der Waals surface area contributed by atoms with Crippen molar-refractivity contribution in [3.63, 3.8) is 0 Å². The molecule has 0 aliphatic carbocycles. The third-order valence-corrected chi connectivity index (χ3v) is 4.38. The number of nitrogens with zero attached hydrogens (tertiary/aromatic N) is 1. The standard InChI is InChI=1S/C21H22N2O2/c1-13-5-7-16(8-6-13)14(2)23-21(24)19-11-17-9-10-18(25-4)12-20(17)22-15(19)3/h5-12,14H,1-4H3,(H,23,24). The zero-order chi connectivity index (χ0) is 18.0. The number of fused-ring (bicyclic) bond motifs is 1. The molecule has 1 aromatic heterocycles. The molecule has 4 heteroatoms. The van der Waals surface area contributed by atoms with E-state index >= 15 is 0 Å². The Balaban J connectivity index is 1.86. The van der Waals surface area contributed by atoms with Crippen LogP contribution in [0.15, 0.2) is 48.5 Å². The number of benzene rings is 2. The summed E-state index contributed by atoms with van der Waals surface area (Å²) in [5.74, 6) is 0.639. The van der Waals surface area contributed by atoms with Crippen molar-refractivity contribution in [1.82, 2.24) is 10.3 Å². The molecule has 128 valence electrons. The molecule has 0 saturated heterocycles. The number of hydrogen-bond acceptors (Lipinski definition) is 3. The van der Waals surface area contributed by atoms with Crippen molar-refractivity contribution in [2.75, 3.05) is 7.11 Å². The molecule has 0 aliphatic heterocycles. The number of hydrogen-bond donors (Lipinski definition) is 1. The Bertz CT molecular complexity index is 917. The number of methoxy groups -OCH3 is 1. The summed E-state index contributed by atoms with van der Waals surface area (Å²) in [6, 6.07) is 15.7. The summed E-state index contributed by atoms with van der Waals surface area (Å²) in [6.45, 7) is 5.88. The number of carbonyl (C=O) groups excluding carboxylic acids is 1. The minimum Gasteiger partial charge on any atom is -0.497 e. The van der Waals surface area contributed by atoms with Crippen molar-refractivity contribution in [1.29, 1.82) is 0 Å². The first kappa shape index (κ1) is 17.0. The average molecular weight is 334 g/mol. The number of rotatable bonds is 4. The van der Waals surface area contributed by atoms with E-state index in [0.29, 0.717) is 11.3 Å². The SMILES string of the molecule is COc1ccc2cc(C(=O)NC(C)c3ccc(C)cc3)c(C)nc2c1. The zero-order valence-corrected chi connectivity index (χ0v) is 15.0. The van der Waals surface area contributed by atoms with E-state index in [1.165, 1.54) is 5.56 Å². The normalized spacial score (nSPS) is 12.0. The predicted molar refractivity (Wildman–Crippen MR) is 100 cm³/mol. The Morgan fingerprint density at radius 1 is 1.08 bits per heavy atom. The van der Waals surface area contributed by atoms with Crippen LogP contribution in [0.4, 0.5) is 0 Å². The van der Waals surface area contributed by atoms with Gasteiger partial charge in [0, 0.05) is 11.5 Å². The summed E-state index contributed by atoms with van der Waals surface area (Å²) in [5, 5.41) is 3.97. The van der Waals surface area contributed by atoms with E-state index in [-0.39, 0.29) is 11.9 Å². The highest BCUT2D eigenvalue weighted by atomic mass is 16.5. The van der Waals surface area contributed by atoms with Crippen LogP contribution >= 0.6 is 0 Å². The van der Waals surface area contributed by atoms with Gasteiger partial charge >= 0.3 is 0 Å². The Hall–Kier alpha value is -2.88. The van der Waals surface area contributed by atoms with Gasteiger partial charge in [-0.05, 0) is 44.5 Å². The third kappa shape index (κ3) is 3.63. The van der Waals surface area contributed by atoms with Crippen molar-refractivity contribution < 1.29 is 9.53 Å². The van der Waals surface area contributed by atoms with E-state index in [2.05, 4.69) is 10.3 Å². The van der Waals surface area contributed by atoms with Gasteiger partial charge in [-0.25, -0.2) is 0 Å². The molecule has 1 heterocycles. The monoisotopic (exact) mass is 334 g/mol. The van der Waals surface area contributed by atoms with Crippen molar-refractivity contribution in [3.05, 3.63) is 70.9 Å². The van der Waals surface area contributed by atoms with Gasteiger partial charge in [-0.15, -0.1) is 0 Å². The van der Waals surface area contributed by atoms with Crippen molar-refractivity contribution in [2.45, 2.75) is 26.8 Å². The summed E-state index contributed by atoms with van der Waals surface area (Å²) >= 11 is 0. The highest BCUT2D eigenvalue weighted by molar-refractivity contribution is 5.99.